The molecule has 3 aromatic rings. The Morgan fingerprint density at radius 3 is 2.86 bits per heavy atom. The van der Waals surface area contributed by atoms with Gasteiger partial charge in [-0.1, -0.05) is 6.92 Å². The summed E-state index contributed by atoms with van der Waals surface area (Å²) in [4.78, 5) is 17.9. The molecule has 2 heterocycles. The van der Waals surface area contributed by atoms with Gasteiger partial charge in [0.25, 0.3) is 5.91 Å². The summed E-state index contributed by atoms with van der Waals surface area (Å²) in [5.41, 5.74) is 7.99. The highest BCUT2D eigenvalue weighted by Crippen LogP contribution is 2.21. The highest BCUT2D eigenvalue weighted by atomic mass is 32.1. The lowest BCUT2D eigenvalue weighted by Gasteiger charge is -2.03. The van der Waals surface area contributed by atoms with Gasteiger partial charge in [-0.2, -0.15) is 0 Å². The maximum Gasteiger partial charge on any atom is 0.253 e. The van der Waals surface area contributed by atoms with Gasteiger partial charge in [0, 0.05) is 32.5 Å². The fourth-order valence-electron chi connectivity index (χ4n) is 2.30. The molecule has 0 fully saturated rings. The van der Waals surface area contributed by atoms with Gasteiger partial charge in [0.2, 0.25) is 0 Å². The SMILES string of the molecule is CCc1ccc(CNC(=O)c2c[nH]c3ccc(N)cc23)s1. The van der Waals surface area contributed by atoms with E-state index in [1.165, 1.54) is 9.75 Å². The topological polar surface area (TPSA) is 70.9 Å². The van der Waals surface area contributed by atoms with Crippen molar-refractivity contribution < 1.29 is 4.79 Å². The Bertz CT molecular complexity index is 788. The first-order valence-electron chi connectivity index (χ1n) is 6.89. The second kappa shape index (κ2) is 5.61. The molecule has 21 heavy (non-hydrogen) atoms. The van der Waals surface area contributed by atoms with E-state index in [9.17, 15) is 4.79 Å². The average molecular weight is 299 g/mol. The molecule has 2 aromatic heterocycles. The molecule has 3 rings (SSSR count). The predicted octanol–water partition coefficient (Wildman–Crippen LogP) is 3.30. The minimum Gasteiger partial charge on any atom is -0.399 e. The number of amides is 1. The molecule has 0 bridgehead atoms. The van der Waals surface area contributed by atoms with Crippen LogP contribution in [0.4, 0.5) is 5.69 Å². The zero-order chi connectivity index (χ0) is 14.8. The van der Waals surface area contributed by atoms with Crippen LogP contribution in [-0.2, 0) is 13.0 Å². The van der Waals surface area contributed by atoms with E-state index in [1.54, 1.807) is 17.5 Å². The van der Waals surface area contributed by atoms with Gasteiger partial charge in [-0.25, -0.2) is 0 Å². The first-order chi connectivity index (χ1) is 10.2. The molecule has 0 atom stereocenters. The molecule has 4 nitrogen and oxygen atoms in total. The van der Waals surface area contributed by atoms with E-state index >= 15 is 0 Å². The van der Waals surface area contributed by atoms with Crippen LogP contribution < -0.4 is 11.1 Å². The Morgan fingerprint density at radius 2 is 2.10 bits per heavy atom. The molecule has 0 saturated carbocycles. The fourth-order valence-corrected chi connectivity index (χ4v) is 3.19. The number of anilines is 1. The number of fused-ring (bicyclic) bond motifs is 1. The Labute approximate surface area is 127 Å². The molecule has 1 amide bonds. The van der Waals surface area contributed by atoms with E-state index in [0.29, 0.717) is 17.8 Å². The Balaban J connectivity index is 1.76. The third kappa shape index (κ3) is 2.78. The van der Waals surface area contributed by atoms with E-state index in [2.05, 4.69) is 29.4 Å². The number of hydrogen-bond acceptors (Lipinski definition) is 3. The van der Waals surface area contributed by atoms with Gasteiger partial charge >= 0.3 is 0 Å². The van der Waals surface area contributed by atoms with Gasteiger partial charge in [0.15, 0.2) is 0 Å². The summed E-state index contributed by atoms with van der Waals surface area (Å²) in [6, 6.07) is 9.70. The molecule has 5 heteroatoms. The first-order valence-corrected chi connectivity index (χ1v) is 7.71. The number of benzene rings is 1. The number of hydrogen-bond donors (Lipinski definition) is 3. The maximum absolute atomic E-state index is 12.3. The van der Waals surface area contributed by atoms with Crippen LogP contribution in [0.15, 0.2) is 36.5 Å². The lowest BCUT2D eigenvalue weighted by Crippen LogP contribution is -2.21. The first kappa shape index (κ1) is 13.7. The van der Waals surface area contributed by atoms with E-state index in [-0.39, 0.29) is 5.91 Å². The van der Waals surface area contributed by atoms with Crippen LogP contribution in [0.5, 0.6) is 0 Å². The summed E-state index contributed by atoms with van der Waals surface area (Å²) >= 11 is 1.74. The van der Waals surface area contributed by atoms with Crippen molar-refractivity contribution >= 4 is 33.8 Å². The zero-order valence-corrected chi connectivity index (χ0v) is 12.6. The number of nitrogens with two attached hydrogens (primary N) is 1. The standard InChI is InChI=1S/C16H17N3OS/c1-2-11-4-5-12(21-11)8-19-16(20)14-9-18-15-6-3-10(17)7-13(14)15/h3-7,9,18H,2,8,17H2,1H3,(H,19,20). The number of aromatic nitrogens is 1. The normalized spacial score (nSPS) is 10.9. The number of nitrogen functional groups attached to an aromatic ring is 1. The molecule has 0 aliphatic heterocycles. The van der Waals surface area contributed by atoms with Crippen molar-refractivity contribution in [2.24, 2.45) is 0 Å². The van der Waals surface area contributed by atoms with Gasteiger partial charge in [-0.05, 0) is 36.8 Å². The van der Waals surface area contributed by atoms with Crippen LogP contribution >= 0.6 is 11.3 Å². The van der Waals surface area contributed by atoms with Crippen LogP contribution in [0.1, 0.15) is 27.0 Å². The van der Waals surface area contributed by atoms with Crippen molar-refractivity contribution in [3.05, 3.63) is 51.8 Å². The summed E-state index contributed by atoms with van der Waals surface area (Å²) in [5.74, 6) is -0.0849. The molecule has 1 aromatic carbocycles. The molecule has 4 N–H and O–H groups in total. The lowest BCUT2D eigenvalue weighted by molar-refractivity contribution is 0.0953. The summed E-state index contributed by atoms with van der Waals surface area (Å²) < 4.78 is 0. The van der Waals surface area contributed by atoms with Crippen molar-refractivity contribution in [1.29, 1.82) is 0 Å². The number of carbonyl (C=O) groups is 1. The summed E-state index contributed by atoms with van der Waals surface area (Å²) in [6.45, 7) is 2.68. The van der Waals surface area contributed by atoms with Crippen molar-refractivity contribution in [2.75, 3.05) is 5.73 Å². The number of nitrogens with one attached hydrogen (secondary N) is 2. The molecule has 0 radical (unpaired) electrons. The smallest absolute Gasteiger partial charge is 0.253 e. The highest BCUT2D eigenvalue weighted by molar-refractivity contribution is 7.11. The van der Waals surface area contributed by atoms with E-state index in [4.69, 9.17) is 5.73 Å². The molecule has 108 valence electrons. The van der Waals surface area contributed by atoms with E-state index in [0.717, 1.165) is 17.3 Å². The summed E-state index contributed by atoms with van der Waals surface area (Å²) in [5, 5.41) is 3.82. The second-order valence-corrected chi connectivity index (χ2v) is 6.16. The van der Waals surface area contributed by atoms with Crippen LogP contribution in [0, 0.1) is 0 Å². The average Bonchev–Trinajstić information content (AvgIpc) is 3.10. The van der Waals surface area contributed by atoms with Crippen LogP contribution in [-0.4, -0.2) is 10.9 Å². The number of aryl methyl sites for hydroxylation is 1. The number of H-pyrrole nitrogens is 1. The number of thiophene rings is 1. The zero-order valence-electron chi connectivity index (χ0n) is 11.8. The third-order valence-corrected chi connectivity index (χ3v) is 4.67. The van der Waals surface area contributed by atoms with E-state index < -0.39 is 0 Å². The molecule has 0 unspecified atom stereocenters. The Hall–Kier alpha value is -2.27. The summed E-state index contributed by atoms with van der Waals surface area (Å²) in [6.07, 6.45) is 2.76. The second-order valence-electron chi connectivity index (χ2n) is 4.91. The maximum atomic E-state index is 12.3. The highest BCUT2D eigenvalue weighted by Gasteiger charge is 2.12. The van der Waals surface area contributed by atoms with Crippen LogP contribution in [0.25, 0.3) is 10.9 Å². The fraction of sp³-hybridized carbons (Fsp3) is 0.188. The predicted molar refractivity (Wildman–Crippen MR) is 87.6 cm³/mol. The minimum atomic E-state index is -0.0849. The van der Waals surface area contributed by atoms with Crippen molar-refractivity contribution in [3.63, 3.8) is 0 Å². The van der Waals surface area contributed by atoms with Gasteiger partial charge < -0.3 is 16.0 Å². The molecule has 0 aliphatic rings. The molecular weight excluding hydrogens is 282 g/mol. The van der Waals surface area contributed by atoms with Crippen molar-refractivity contribution in [2.45, 2.75) is 19.9 Å². The van der Waals surface area contributed by atoms with Crippen LogP contribution in [0.3, 0.4) is 0 Å². The Kier molecular flexibility index (Phi) is 3.66. The number of aromatic amines is 1. The minimum absolute atomic E-state index is 0.0849. The lowest BCUT2D eigenvalue weighted by atomic mass is 10.1. The van der Waals surface area contributed by atoms with Crippen molar-refractivity contribution in [3.8, 4) is 0 Å². The van der Waals surface area contributed by atoms with Gasteiger partial charge in [0.05, 0.1) is 12.1 Å². The monoisotopic (exact) mass is 299 g/mol. The van der Waals surface area contributed by atoms with Gasteiger partial charge in [-0.15, -0.1) is 11.3 Å². The summed E-state index contributed by atoms with van der Waals surface area (Å²) in [7, 11) is 0. The molecule has 0 spiro atoms. The largest absolute Gasteiger partial charge is 0.399 e. The number of rotatable bonds is 4. The van der Waals surface area contributed by atoms with Gasteiger partial charge in [-0.3, -0.25) is 4.79 Å². The van der Waals surface area contributed by atoms with Gasteiger partial charge in [0.1, 0.15) is 0 Å². The van der Waals surface area contributed by atoms with E-state index in [1.807, 2.05) is 18.2 Å². The molecule has 0 saturated heterocycles. The number of carbonyl (C=O) groups excluding carboxylic acids is 1. The molecular formula is C16H17N3OS. The third-order valence-electron chi connectivity index (χ3n) is 3.44. The van der Waals surface area contributed by atoms with Crippen LogP contribution in [0.2, 0.25) is 0 Å². The van der Waals surface area contributed by atoms with Crippen molar-refractivity contribution in [1.82, 2.24) is 10.3 Å². The quantitative estimate of drug-likeness (QED) is 0.647. The molecule has 0 aliphatic carbocycles. The Morgan fingerprint density at radius 1 is 1.29 bits per heavy atom.